The number of aromatic hydroxyl groups is 1. The number of amides is 1. The monoisotopic (exact) mass is 325 g/mol. The van der Waals surface area contributed by atoms with Crippen molar-refractivity contribution in [1.29, 1.82) is 0 Å². The molecule has 0 heterocycles. The first kappa shape index (κ1) is 16.9. The van der Waals surface area contributed by atoms with Crippen LogP contribution in [0.5, 0.6) is 5.75 Å². The molecule has 7 nitrogen and oxygen atoms in total. The van der Waals surface area contributed by atoms with E-state index in [2.05, 4.69) is 22.3 Å². The largest absolute Gasteiger partial charge is 0.507 e. The van der Waals surface area contributed by atoms with E-state index in [0.29, 0.717) is 12.0 Å². The summed E-state index contributed by atoms with van der Waals surface area (Å²) < 4.78 is 0. The number of aromatic carboxylic acids is 1. The third-order valence-corrected chi connectivity index (χ3v) is 3.11. The summed E-state index contributed by atoms with van der Waals surface area (Å²) in [5.41, 5.74) is 3.46. The van der Waals surface area contributed by atoms with Gasteiger partial charge < -0.3 is 10.2 Å². The lowest BCUT2D eigenvalue weighted by Crippen LogP contribution is -2.19. The first-order valence-corrected chi connectivity index (χ1v) is 6.96. The van der Waals surface area contributed by atoms with Crippen LogP contribution >= 0.6 is 0 Å². The second-order valence-electron chi connectivity index (χ2n) is 4.91. The standard InChI is InChI=1S/C17H15N3O4/c1-11(9-12-5-3-2-4-6-12)16(22)19-20-18-13-7-8-14(17(23)24)15(21)10-13/h2-8,10,21H,1,9H2,(H,23,24)(H,18,19,22). The van der Waals surface area contributed by atoms with Crippen molar-refractivity contribution in [3.8, 4) is 5.75 Å². The smallest absolute Gasteiger partial charge is 0.339 e. The lowest BCUT2D eigenvalue weighted by molar-refractivity contribution is -0.117. The molecule has 0 bridgehead atoms. The van der Waals surface area contributed by atoms with Gasteiger partial charge in [0, 0.05) is 18.1 Å². The van der Waals surface area contributed by atoms with Crippen LogP contribution in [0.4, 0.5) is 5.69 Å². The third kappa shape index (κ3) is 4.51. The summed E-state index contributed by atoms with van der Waals surface area (Å²) in [6, 6.07) is 13.1. The second-order valence-corrected chi connectivity index (χ2v) is 4.91. The van der Waals surface area contributed by atoms with Crippen molar-refractivity contribution < 1.29 is 19.8 Å². The summed E-state index contributed by atoms with van der Waals surface area (Å²) in [7, 11) is 0. The Morgan fingerprint density at radius 3 is 2.46 bits per heavy atom. The Balaban J connectivity index is 1.93. The average molecular weight is 325 g/mol. The Morgan fingerprint density at radius 2 is 1.83 bits per heavy atom. The summed E-state index contributed by atoms with van der Waals surface area (Å²) in [5, 5.41) is 25.6. The Morgan fingerprint density at radius 1 is 1.12 bits per heavy atom. The fourth-order valence-electron chi connectivity index (χ4n) is 1.89. The molecule has 2 aromatic carbocycles. The van der Waals surface area contributed by atoms with Gasteiger partial charge in [-0.25, -0.2) is 10.2 Å². The van der Waals surface area contributed by atoms with E-state index in [-0.39, 0.29) is 11.3 Å². The highest BCUT2D eigenvalue weighted by Crippen LogP contribution is 2.23. The maximum atomic E-state index is 11.9. The number of carboxylic acid groups (broad SMARTS) is 1. The van der Waals surface area contributed by atoms with Gasteiger partial charge in [0.1, 0.15) is 11.3 Å². The van der Waals surface area contributed by atoms with Crippen LogP contribution in [-0.2, 0) is 11.2 Å². The third-order valence-electron chi connectivity index (χ3n) is 3.11. The molecule has 0 unspecified atom stereocenters. The second kappa shape index (κ2) is 7.68. The van der Waals surface area contributed by atoms with Crippen LogP contribution < -0.4 is 5.43 Å². The minimum atomic E-state index is -1.25. The maximum absolute atomic E-state index is 11.9. The predicted octanol–water partition coefficient (Wildman–Crippen LogP) is 3.00. The molecule has 1 amide bonds. The summed E-state index contributed by atoms with van der Waals surface area (Å²) in [5.74, 6) is -2.16. The molecule has 0 aliphatic carbocycles. The molecule has 0 aromatic heterocycles. The van der Waals surface area contributed by atoms with Crippen molar-refractivity contribution in [2.45, 2.75) is 6.42 Å². The van der Waals surface area contributed by atoms with Crippen LogP contribution in [0.2, 0.25) is 0 Å². The summed E-state index contributed by atoms with van der Waals surface area (Å²) in [6.07, 6.45) is 0.385. The van der Waals surface area contributed by atoms with Gasteiger partial charge in [-0.2, -0.15) is 0 Å². The molecule has 0 saturated carbocycles. The molecule has 0 saturated heterocycles. The van der Waals surface area contributed by atoms with E-state index in [1.807, 2.05) is 30.3 Å². The molecule has 0 atom stereocenters. The fourth-order valence-corrected chi connectivity index (χ4v) is 1.89. The van der Waals surface area contributed by atoms with E-state index in [0.717, 1.165) is 11.6 Å². The van der Waals surface area contributed by atoms with E-state index < -0.39 is 17.6 Å². The van der Waals surface area contributed by atoms with Crippen molar-refractivity contribution in [2.24, 2.45) is 10.3 Å². The highest BCUT2D eigenvalue weighted by atomic mass is 16.4. The lowest BCUT2D eigenvalue weighted by atomic mass is 10.1. The Kier molecular flexibility index (Phi) is 5.40. The fraction of sp³-hybridized carbons (Fsp3) is 0.0588. The molecule has 0 radical (unpaired) electrons. The number of phenols is 1. The molecule has 0 aliphatic heterocycles. The van der Waals surface area contributed by atoms with Gasteiger partial charge in [0.15, 0.2) is 0 Å². The minimum absolute atomic E-state index is 0.200. The number of hydrogen-bond acceptors (Lipinski definition) is 5. The Bertz CT molecular complexity index is 801. The van der Waals surface area contributed by atoms with Gasteiger partial charge in [0.05, 0.1) is 5.69 Å². The molecule has 24 heavy (non-hydrogen) atoms. The van der Waals surface area contributed by atoms with Crippen molar-refractivity contribution in [1.82, 2.24) is 5.43 Å². The summed E-state index contributed by atoms with van der Waals surface area (Å²) in [6.45, 7) is 3.70. The Hall–Kier alpha value is -3.48. The van der Waals surface area contributed by atoms with Gasteiger partial charge in [0.25, 0.3) is 5.91 Å². The number of carbonyl (C=O) groups excluding carboxylic acids is 1. The van der Waals surface area contributed by atoms with Crippen LogP contribution in [0.1, 0.15) is 15.9 Å². The van der Waals surface area contributed by atoms with Gasteiger partial charge in [0.2, 0.25) is 0 Å². The zero-order chi connectivity index (χ0) is 17.5. The zero-order valence-corrected chi connectivity index (χ0v) is 12.6. The summed E-state index contributed by atoms with van der Waals surface area (Å²) >= 11 is 0. The van der Waals surface area contributed by atoms with E-state index in [1.165, 1.54) is 12.1 Å². The highest BCUT2D eigenvalue weighted by molar-refractivity contribution is 5.93. The van der Waals surface area contributed by atoms with E-state index >= 15 is 0 Å². The van der Waals surface area contributed by atoms with Gasteiger partial charge >= 0.3 is 5.97 Å². The molecule has 7 heteroatoms. The van der Waals surface area contributed by atoms with Gasteiger partial charge in [-0.1, -0.05) is 42.1 Å². The lowest BCUT2D eigenvalue weighted by Gasteiger charge is -2.03. The quantitative estimate of drug-likeness (QED) is 0.430. The topological polar surface area (TPSA) is 111 Å². The number of benzene rings is 2. The van der Waals surface area contributed by atoms with E-state index in [9.17, 15) is 14.7 Å². The number of carbonyl (C=O) groups is 2. The first-order chi connectivity index (χ1) is 11.5. The average Bonchev–Trinajstić information content (AvgIpc) is 2.55. The normalized spacial score (nSPS) is 10.5. The predicted molar refractivity (Wildman–Crippen MR) is 87.0 cm³/mol. The van der Waals surface area contributed by atoms with Crippen LogP contribution in [0.15, 0.2) is 71.0 Å². The maximum Gasteiger partial charge on any atom is 0.339 e. The van der Waals surface area contributed by atoms with E-state index in [1.54, 1.807) is 0 Å². The van der Waals surface area contributed by atoms with Crippen molar-refractivity contribution in [3.63, 3.8) is 0 Å². The Labute approximate surface area is 138 Å². The van der Waals surface area contributed by atoms with Gasteiger partial charge in [-0.3, -0.25) is 4.79 Å². The molecule has 122 valence electrons. The number of nitrogens with zero attached hydrogens (tertiary/aromatic N) is 2. The number of rotatable bonds is 6. The van der Waals surface area contributed by atoms with Gasteiger partial charge in [-0.05, 0) is 17.7 Å². The van der Waals surface area contributed by atoms with Crippen LogP contribution in [-0.4, -0.2) is 22.1 Å². The molecule has 0 fully saturated rings. The van der Waals surface area contributed by atoms with E-state index in [4.69, 9.17) is 5.11 Å². The van der Waals surface area contributed by atoms with Crippen LogP contribution in [0, 0.1) is 0 Å². The number of carboxylic acids is 1. The van der Waals surface area contributed by atoms with Gasteiger partial charge in [-0.15, -0.1) is 5.11 Å². The molecule has 0 spiro atoms. The molecular weight excluding hydrogens is 310 g/mol. The molecule has 2 aromatic rings. The van der Waals surface area contributed by atoms with Crippen molar-refractivity contribution in [2.75, 3.05) is 0 Å². The highest BCUT2D eigenvalue weighted by Gasteiger charge is 2.10. The number of hydrogen-bond donors (Lipinski definition) is 3. The summed E-state index contributed by atoms with van der Waals surface area (Å²) in [4.78, 5) is 22.6. The van der Waals surface area contributed by atoms with Crippen molar-refractivity contribution >= 4 is 17.6 Å². The molecular formula is C17H15N3O4. The van der Waals surface area contributed by atoms with Crippen molar-refractivity contribution in [3.05, 3.63) is 71.8 Å². The molecule has 2 rings (SSSR count). The molecule has 3 N–H and O–H groups in total. The minimum Gasteiger partial charge on any atom is -0.507 e. The molecule has 0 aliphatic rings. The van der Waals surface area contributed by atoms with Crippen LogP contribution in [0.25, 0.3) is 0 Å². The SMILES string of the molecule is C=C(Cc1ccccc1)C(=O)NN=Nc1ccc(C(=O)O)c(O)c1. The first-order valence-electron chi connectivity index (χ1n) is 6.96. The number of nitrogens with one attached hydrogen (secondary N) is 1. The van der Waals surface area contributed by atoms with Crippen LogP contribution in [0.3, 0.4) is 0 Å². The zero-order valence-electron chi connectivity index (χ0n) is 12.6.